The van der Waals surface area contributed by atoms with Crippen LogP contribution < -0.4 is 10.6 Å². The maximum Gasteiger partial charge on any atom is 0.411 e. The Morgan fingerprint density at radius 3 is 1.81 bits per heavy atom. The molecule has 0 unspecified atom stereocenters. The summed E-state index contributed by atoms with van der Waals surface area (Å²) in [5.41, 5.74) is 7.92. The maximum absolute atomic E-state index is 12.1. The van der Waals surface area contributed by atoms with Gasteiger partial charge in [0, 0.05) is 18.8 Å². The minimum atomic E-state index is -0.446. The molecule has 1 amide bonds. The number of amides is 1. The molecule has 3 aromatic rings. The molecule has 0 aliphatic carbocycles. The predicted octanol–water partition coefficient (Wildman–Crippen LogP) is 6.64. The van der Waals surface area contributed by atoms with Gasteiger partial charge in [-0.25, -0.2) is 4.79 Å². The molecule has 0 aromatic heterocycles. The molecule has 168 valence electrons. The first-order chi connectivity index (χ1) is 15.2. The number of carbonyl (C=O) groups is 1. The molecular formula is C28H34N2O2. The van der Waals surface area contributed by atoms with Crippen molar-refractivity contribution in [2.75, 3.05) is 5.32 Å². The van der Waals surface area contributed by atoms with Gasteiger partial charge in [-0.15, -0.1) is 0 Å². The van der Waals surface area contributed by atoms with Crippen LogP contribution in [0, 0.1) is 13.8 Å². The van der Waals surface area contributed by atoms with Crippen LogP contribution in [0.1, 0.15) is 54.2 Å². The molecule has 32 heavy (non-hydrogen) atoms. The highest BCUT2D eigenvalue weighted by Crippen LogP contribution is 2.22. The maximum atomic E-state index is 12.1. The number of hydrogen-bond acceptors (Lipinski definition) is 3. The first kappa shape index (κ1) is 23.6. The van der Waals surface area contributed by atoms with Gasteiger partial charge < -0.3 is 10.1 Å². The van der Waals surface area contributed by atoms with Gasteiger partial charge in [0.15, 0.2) is 0 Å². The fourth-order valence-corrected chi connectivity index (χ4v) is 3.58. The molecule has 0 saturated heterocycles. The Hall–Kier alpha value is -3.11. The van der Waals surface area contributed by atoms with E-state index in [0.717, 1.165) is 35.5 Å². The second kappa shape index (κ2) is 10.5. The molecule has 4 heteroatoms. The predicted molar refractivity (Wildman–Crippen MR) is 132 cm³/mol. The lowest BCUT2D eigenvalue weighted by molar-refractivity contribution is 0.155. The zero-order valence-electron chi connectivity index (χ0n) is 19.8. The molecule has 0 radical (unpaired) electrons. The molecule has 0 aliphatic rings. The van der Waals surface area contributed by atoms with E-state index in [9.17, 15) is 4.79 Å². The van der Waals surface area contributed by atoms with Crippen LogP contribution in [0.25, 0.3) is 0 Å². The monoisotopic (exact) mass is 430 g/mol. The van der Waals surface area contributed by atoms with E-state index < -0.39 is 6.09 Å². The quantitative estimate of drug-likeness (QED) is 0.442. The first-order valence-corrected chi connectivity index (χ1v) is 11.1. The summed E-state index contributed by atoms with van der Waals surface area (Å²) in [5.74, 6) is 0. The van der Waals surface area contributed by atoms with Crippen LogP contribution in [0.3, 0.4) is 0 Å². The summed E-state index contributed by atoms with van der Waals surface area (Å²) in [6.07, 6.45) is -0.446. The van der Waals surface area contributed by atoms with Crippen LogP contribution in [0.5, 0.6) is 0 Å². The van der Waals surface area contributed by atoms with Crippen molar-refractivity contribution >= 4 is 11.8 Å². The molecule has 2 N–H and O–H groups in total. The van der Waals surface area contributed by atoms with Crippen LogP contribution in [-0.2, 0) is 29.8 Å². The van der Waals surface area contributed by atoms with Crippen LogP contribution >= 0.6 is 0 Å². The largest absolute Gasteiger partial charge is 0.444 e. The lowest BCUT2D eigenvalue weighted by atomic mass is 9.87. The summed E-state index contributed by atoms with van der Waals surface area (Å²) < 4.78 is 5.36. The number of aryl methyl sites for hydroxylation is 2. The number of carbonyl (C=O) groups excluding carboxylic acids is 1. The first-order valence-electron chi connectivity index (χ1n) is 11.1. The average Bonchev–Trinajstić information content (AvgIpc) is 2.72. The highest BCUT2D eigenvalue weighted by Gasteiger charge is 2.12. The SMILES string of the molecule is Cc1cc(C)cc(NC(=O)OCc2ccc(CNCc3ccc(C(C)(C)C)cc3)cc2)c1. The second-order valence-electron chi connectivity index (χ2n) is 9.44. The molecule has 0 atom stereocenters. The Kier molecular flexibility index (Phi) is 7.70. The number of nitrogens with one attached hydrogen (secondary N) is 2. The lowest BCUT2D eigenvalue weighted by Crippen LogP contribution is -2.14. The molecule has 0 bridgehead atoms. The highest BCUT2D eigenvalue weighted by molar-refractivity contribution is 5.84. The van der Waals surface area contributed by atoms with E-state index in [2.05, 4.69) is 73.9 Å². The normalized spacial score (nSPS) is 11.3. The zero-order chi connectivity index (χ0) is 23.1. The van der Waals surface area contributed by atoms with Crippen LogP contribution in [-0.4, -0.2) is 6.09 Å². The van der Waals surface area contributed by atoms with Crippen molar-refractivity contribution < 1.29 is 9.53 Å². The van der Waals surface area contributed by atoms with Gasteiger partial charge in [0.2, 0.25) is 0 Å². The van der Waals surface area contributed by atoms with E-state index in [4.69, 9.17) is 4.74 Å². The fourth-order valence-electron chi connectivity index (χ4n) is 3.58. The van der Waals surface area contributed by atoms with Gasteiger partial charge in [-0.1, -0.05) is 75.4 Å². The van der Waals surface area contributed by atoms with Gasteiger partial charge in [-0.3, -0.25) is 5.32 Å². The number of hydrogen-bond donors (Lipinski definition) is 2. The van der Waals surface area contributed by atoms with E-state index >= 15 is 0 Å². The van der Waals surface area contributed by atoms with Crippen LogP contribution in [0.2, 0.25) is 0 Å². The number of rotatable bonds is 7. The summed E-state index contributed by atoms with van der Waals surface area (Å²) in [7, 11) is 0. The van der Waals surface area contributed by atoms with Crippen LogP contribution in [0.15, 0.2) is 66.7 Å². The smallest absolute Gasteiger partial charge is 0.411 e. The summed E-state index contributed by atoms with van der Waals surface area (Å²) >= 11 is 0. The third-order valence-electron chi connectivity index (χ3n) is 5.34. The van der Waals surface area contributed by atoms with Gasteiger partial charge in [0.25, 0.3) is 0 Å². The molecule has 0 heterocycles. The molecule has 3 aromatic carbocycles. The zero-order valence-corrected chi connectivity index (χ0v) is 19.8. The molecule has 0 fully saturated rings. The Morgan fingerprint density at radius 2 is 1.28 bits per heavy atom. The summed E-state index contributed by atoms with van der Waals surface area (Å²) in [6.45, 7) is 12.5. The van der Waals surface area contributed by atoms with Gasteiger partial charge in [-0.05, 0) is 64.8 Å². The Labute approximate surface area is 192 Å². The molecule has 0 spiro atoms. The van der Waals surface area contributed by atoms with E-state index in [0.29, 0.717) is 0 Å². The summed E-state index contributed by atoms with van der Waals surface area (Å²) in [5, 5.41) is 6.28. The molecule has 3 rings (SSSR count). The van der Waals surface area contributed by atoms with Gasteiger partial charge in [-0.2, -0.15) is 0 Å². The fraction of sp³-hybridized carbons (Fsp3) is 0.321. The van der Waals surface area contributed by atoms with Crippen molar-refractivity contribution in [2.24, 2.45) is 0 Å². The third kappa shape index (κ3) is 7.24. The average molecular weight is 431 g/mol. The Bertz CT molecular complexity index is 1010. The topological polar surface area (TPSA) is 50.4 Å². The Balaban J connectivity index is 1.42. The lowest BCUT2D eigenvalue weighted by Gasteiger charge is -2.19. The minimum Gasteiger partial charge on any atom is -0.444 e. The molecule has 0 saturated carbocycles. The van der Waals surface area contributed by atoms with E-state index in [1.807, 2.05) is 38.1 Å². The summed E-state index contributed by atoms with van der Waals surface area (Å²) in [6, 6.07) is 22.9. The minimum absolute atomic E-state index is 0.178. The van der Waals surface area contributed by atoms with Crippen molar-refractivity contribution in [3.05, 3.63) is 100 Å². The second-order valence-corrected chi connectivity index (χ2v) is 9.44. The molecule has 0 aliphatic heterocycles. The third-order valence-corrected chi connectivity index (χ3v) is 5.34. The van der Waals surface area contributed by atoms with Crippen molar-refractivity contribution in [1.29, 1.82) is 0 Å². The van der Waals surface area contributed by atoms with Gasteiger partial charge in [0.05, 0.1) is 0 Å². The standard InChI is InChI=1S/C28H34N2O2/c1-20-14-21(2)16-26(15-20)30-27(31)32-19-24-8-6-22(7-9-24)17-29-18-23-10-12-25(13-11-23)28(3,4)5/h6-16,29H,17-19H2,1-5H3,(H,30,31). The van der Waals surface area contributed by atoms with Crippen molar-refractivity contribution in [1.82, 2.24) is 5.32 Å². The van der Waals surface area contributed by atoms with E-state index in [1.165, 1.54) is 16.7 Å². The highest BCUT2D eigenvalue weighted by atomic mass is 16.5. The number of ether oxygens (including phenoxy) is 1. The van der Waals surface area contributed by atoms with Gasteiger partial charge >= 0.3 is 6.09 Å². The number of anilines is 1. The van der Waals surface area contributed by atoms with E-state index in [1.54, 1.807) is 0 Å². The molecular weight excluding hydrogens is 396 g/mol. The van der Waals surface area contributed by atoms with E-state index in [-0.39, 0.29) is 12.0 Å². The van der Waals surface area contributed by atoms with Crippen molar-refractivity contribution in [3.8, 4) is 0 Å². The number of benzene rings is 3. The van der Waals surface area contributed by atoms with Crippen LogP contribution in [0.4, 0.5) is 10.5 Å². The Morgan fingerprint density at radius 1 is 0.781 bits per heavy atom. The molecule has 4 nitrogen and oxygen atoms in total. The van der Waals surface area contributed by atoms with Gasteiger partial charge in [0.1, 0.15) is 6.61 Å². The van der Waals surface area contributed by atoms with Crippen molar-refractivity contribution in [3.63, 3.8) is 0 Å². The van der Waals surface area contributed by atoms with Crippen molar-refractivity contribution in [2.45, 2.75) is 59.7 Å². The summed E-state index contributed by atoms with van der Waals surface area (Å²) in [4.78, 5) is 12.1.